The summed E-state index contributed by atoms with van der Waals surface area (Å²) in [5, 5.41) is 14.1. The summed E-state index contributed by atoms with van der Waals surface area (Å²) < 4.78 is 13.2. The average molecular weight is 465 g/mol. The first-order chi connectivity index (χ1) is 15.7. The Morgan fingerprint density at radius 1 is 1.03 bits per heavy atom. The molecule has 1 heterocycles. The Balaban J connectivity index is 1.51. The van der Waals surface area contributed by atoms with Crippen molar-refractivity contribution in [1.82, 2.24) is 14.9 Å². The van der Waals surface area contributed by atoms with Crippen LogP contribution in [0.4, 0.5) is 0 Å². The summed E-state index contributed by atoms with van der Waals surface area (Å²) in [4.78, 5) is 0. The van der Waals surface area contributed by atoms with E-state index >= 15 is 0 Å². The van der Waals surface area contributed by atoms with E-state index in [-0.39, 0.29) is 0 Å². The second-order valence-corrected chi connectivity index (χ2v) is 8.09. The number of para-hydroxylation sites is 1. The summed E-state index contributed by atoms with van der Waals surface area (Å²) >= 11 is 7.76. The van der Waals surface area contributed by atoms with Crippen LogP contribution in [-0.2, 0) is 12.4 Å². The lowest BCUT2D eigenvalue weighted by molar-refractivity contribution is 0.284. The molecule has 4 aromatic rings. The second-order valence-electron chi connectivity index (χ2n) is 6.74. The predicted molar refractivity (Wildman–Crippen MR) is 128 cm³/mol. The molecular formula is C24H21ClN4O2S. The molecule has 0 radical (unpaired) electrons. The fourth-order valence-corrected chi connectivity index (χ4v) is 4.10. The third-order valence-corrected chi connectivity index (χ3v) is 5.94. The first-order valence-corrected chi connectivity index (χ1v) is 11.3. The lowest BCUT2D eigenvalue weighted by atomic mass is 10.2. The molecule has 6 nitrogen and oxygen atoms in total. The van der Waals surface area contributed by atoms with Crippen LogP contribution in [0.5, 0.6) is 11.5 Å². The quantitative estimate of drug-likeness (QED) is 0.235. The fourth-order valence-electron chi connectivity index (χ4n) is 2.96. The van der Waals surface area contributed by atoms with Gasteiger partial charge >= 0.3 is 0 Å². The van der Waals surface area contributed by atoms with Gasteiger partial charge in [0.25, 0.3) is 0 Å². The van der Waals surface area contributed by atoms with E-state index in [2.05, 4.69) is 15.3 Å². The van der Waals surface area contributed by atoms with Gasteiger partial charge in [-0.15, -0.1) is 10.2 Å². The molecule has 1 aromatic heterocycles. The fraction of sp³-hybridized carbons (Fsp3) is 0.125. The molecule has 0 N–H and O–H groups in total. The van der Waals surface area contributed by atoms with Crippen LogP contribution in [0.1, 0.15) is 16.7 Å². The first-order valence-electron chi connectivity index (χ1n) is 9.89. The topological polar surface area (TPSA) is 61.5 Å². The lowest BCUT2D eigenvalue weighted by Crippen LogP contribution is -2.01. The van der Waals surface area contributed by atoms with E-state index in [4.69, 9.17) is 21.1 Å². The number of benzene rings is 3. The summed E-state index contributed by atoms with van der Waals surface area (Å²) in [7, 11) is 1.62. The Bertz CT molecular complexity index is 1200. The van der Waals surface area contributed by atoms with E-state index < -0.39 is 0 Å². The van der Waals surface area contributed by atoms with Crippen molar-refractivity contribution in [2.24, 2.45) is 5.10 Å². The molecule has 0 fully saturated rings. The first kappa shape index (κ1) is 21.9. The zero-order valence-electron chi connectivity index (χ0n) is 17.4. The third-order valence-electron chi connectivity index (χ3n) is 4.59. The van der Waals surface area contributed by atoms with E-state index in [0.29, 0.717) is 29.0 Å². The highest BCUT2D eigenvalue weighted by Crippen LogP contribution is 2.31. The molecule has 4 rings (SSSR count). The lowest BCUT2D eigenvalue weighted by Gasteiger charge is -2.13. The van der Waals surface area contributed by atoms with Crippen molar-refractivity contribution in [2.45, 2.75) is 17.5 Å². The molecule has 8 heteroatoms. The third kappa shape index (κ3) is 5.49. The van der Waals surface area contributed by atoms with Gasteiger partial charge in [-0.05, 0) is 29.3 Å². The number of halogens is 1. The molecule has 0 amide bonds. The predicted octanol–water partition coefficient (Wildman–Crippen LogP) is 5.69. The number of nitrogens with zero attached hydrogens (tertiary/aromatic N) is 4. The van der Waals surface area contributed by atoms with E-state index in [1.807, 2.05) is 72.8 Å². The van der Waals surface area contributed by atoms with Crippen LogP contribution in [0, 0.1) is 0 Å². The molecule has 0 aliphatic rings. The van der Waals surface area contributed by atoms with Crippen molar-refractivity contribution in [3.8, 4) is 11.5 Å². The van der Waals surface area contributed by atoms with Crippen LogP contribution in [0.15, 0.2) is 89.4 Å². The summed E-state index contributed by atoms with van der Waals surface area (Å²) in [5.41, 5.74) is 2.89. The number of rotatable bonds is 9. The van der Waals surface area contributed by atoms with E-state index in [0.717, 1.165) is 21.7 Å². The van der Waals surface area contributed by atoms with Crippen molar-refractivity contribution >= 4 is 29.6 Å². The van der Waals surface area contributed by atoms with Crippen LogP contribution < -0.4 is 9.47 Å². The van der Waals surface area contributed by atoms with Gasteiger partial charge in [-0.1, -0.05) is 78.0 Å². The van der Waals surface area contributed by atoms with E-state index in [1.54, 1.807) is 24.3 Å². The summed E-state index contributed by atoms with van der Waals surface area (Å²) in [6.45, 7) is 0.424. The Hall–Kier alpha value is -3.29. The highest BCUT2D eigenvalue weighted by atomic mass is 35.5. The van der Waals surface area contributed by atoms with E-state index in [9.17, 15) is 0 Å². The highest BCUT2D eigenvalue weighted by molar-refractivity contribution is 7.98. The average Bonchev–Trinajstić information content (AvgIpc) is 3.29. The Labute approximate surface area is 195 Å². The summed E-state index contributed by atoms with van der Waals surface area (Å²) in [6.07, 6.45) is 3.28. The highest BCUT2D eigenvalue weighted by Gasteiger charge is 2.11. The number of aromatic nitrogens is 3. The monoisotopic (exact) mass is 464 g/mol. The van der Waals surface area contributed by atoms with Crippen molar-refractivity contribution in [1.29, 1.82) is 0 Å². The summed E-state index contributed by atoms with van der Waals surface area (Å²) in [5.74, 6) is 1.93. The molecule has 0 unspecified atom stereocenters. The van der Waals surface area contributed by atoms with Gasteiger partial charge in [-0.3, -0.25) is 0 Å². The number of hydrogen-bond donors (Lipinski definition) is 0. The molecule has 32 heavy (non-hydrogen) atoms. The van der Waals surface area contributed by atoms with Crippen LogP contribution in [-0.4, -0.2) is 28.2 Å². The number of methoxy groups -OCH3 is 1. The molecular weight excluding hydrogens is 444 g/mol. The zero-order chi connectivity index (χ0) is 22.2. The number of ether oxygens (including phenoxy) is 2. The minimum Gasteiger partial charge on any atom is -0.493 e. The van der Waals surface area contributed by atoms with Crippen molar-refractivity contribution in [3.05, 3.63) is 101 Å². The van der Waals surface area contributed by atoms with Gasteiger partial charge in [0.05, 0.1) is 13.3 Å². The molecule has 3 aromatic carbocycles. The van der Waals surface area contributed by atoms with Crippen molar-refractivity contribution < 1.29 is 9.47 Å². The van der Waals surface area contributed by atoms with Crippen LogP contribution >= 0.6 is 23.4 Å². The van der Waals surface area contributed by atoms with Crippen LogP contribution in [0.2, 0.25) is 5.02 Å². The molecule has 0 aliphatic heterocycles. The maximum Gasteiger partial charge on any atom is 0.212 e. The Morgan fingerprint density at radius 2 is 1.84 bits per heavy atom. The largest absolute Gasteiger partial charge is 0.493 e. The minimum atomic E-state index is 0.424. The SMILES string of the molecule is COc1cccc(/C=N/n2cnnc2SCc2ccccc2Cl)c1OCc1ccccc1. The minimum absolute atomic E-state index is 0.424. The Morgan fingerprint density at radius 3 is 2.66 bits per heavy atom. The van der Waals surface area contributed by atoms with Gasteiger partial charge in [0.1, 0.15) is 12.9 Å². The van der Waals surface area contributed by atoms with Gasteiger partial charge in [-0.2, -0.15) is 9.78 Å². The van der Waals surface area contributed by atoms with Crippen LogP contribution in [0.3, 0.4) is 0 Å². The smallest absolute Gasteiger partial charge is 0.212 e. The second kappa shape index (κ2) is 10.8. The van der Waals surface area contributed by atoms with Gasteiger partial charge in [0.15, 0.2) is 11.5 Å². The zero-order valence-corrected chi connectivity index (χ0v) is 19.0. The van der Waals surface area contributed by atoms with Crippen molar-refractivity contribution in [3.63, 3.8) is 0 Å². The van der Waals surface area contributed by atoms with Gasteiger partial charge in [-0.25, -0.2) is 0 Å². The number of thioether (sulfide) groups is 1. The number of hydrogen-bond acceptors (Lipinski definition) is 6. The molecule has 162 valence electrons. The molecule has 0 aliphatic carbocycles. The molecule has 0 atom stereocenters. The molecule has 0 saturated heterocycles. The van der Waals surface area contributed by atoms with Gasteiger partial charge in [0.2, 0.25) is 5.16 Å². The maximum absolute atomic E-state index is 6.25. The summed E-state index contributed by atoms with van der Waals surface area (Å²) in [6, 6.07) is 23.4. The normalized spacial score (nSPS) is 11.1. The molecule has 0 spiro atoms. The van der Waals surface area contributed by atoms with E-state index in [1.165, 1.54) is 11.8 Å². The Kier molecular flexibility index (Phi) is 7.42. The molecule has 0 bridgehead atoms. The maximum atomic E-state index is 6.25. The van der Waals surface area contributed by atoms with Crippen LogP contribution in [0.25, 0.3) is 0 Å². The van der Waals surface area contributed by atoms with Gasteiger partial charge < -0.3 is 9.47 Å². The molecule has 0 saturated carbocycles. The standard InChI is InChI=1S/C24H21ClN4O2S/c1-30-22-13-7-11-19(23(22)31-15-18-8-3-2-4-9-18)14-27-29-17-26-28-24(29)32-16-20-10-5-6-12-21(20)25/h2-14,17H,15-16H2,1H3/b27-14+. The van der Waals surface area contributed by atoms with Gasteiger partial charge in [0, 0.05) is 16.3 Å². The van der Waals surface area contributed by atoms with Crippen molar-refractivity contribution in [2.75, 3.05) is 7.11 Å².